The number of halogens is 3. The van der Waals surface area contributed by atoms with Crippen LogP contribution in [0, 0.1) is 0 Å². The first kappa shape index (κ1) is 17.3. The molecule has 138 valence electrons. The van der Waals surface area contributed by atoms with Gasteiger partial charge in [0, 0.05) is 37.8 Å². The minimum Gasteiger partial charge on any atom is -0.366 e. The van der Waals surface area contributed by atoms with Gasteiger partial charge in [0.05, 0.1) is 5.56 Å². The van der Waals surface area contributed by atoms with Gasteiger partial charge in [-0.25, -0.2) is 9.97 Å². The monoisotopic (exact) mass is 362 g/mol. The third-order valence-electron chi connectivity index (χ3n) is 4.96. The lowest BCUT2D eigenvalue weighted by Gasteiger charge is -2.20. The zero-order valence-electron chi connectivity index (χ0n) is 14.3. The van der Waals surface area contributed by atoms with E-state index in [1.54, 1.807) is 18.3 Å². The van der Waals surface area contributed by atoms with Crippen molar-refractivity contribution < 1.29 is 13.2 Å². The smallest absolute Gasteiger partial charge is 0.366 e. The van der Waals surface area contributed by atoms with Crippen LogP contribution in [0.25, 0.3) is 0 Å². The lowest BCUT2D eigenvalue weighted by Crippen LogP contribution is -2.27. The first-order valence-electron chi connectivity index (χ1n) is 8.96. The van der Waals surface area contributed by atoms with Crippen molar-refractivity contribution in [3.63, 3.8) is 0 Å². The molecule has 1 N–H and O–H groups in total. The molecule has 26 heavy (non-hydrogen) atoms. The number of hydrogen-bond donors (Lipinski definition) is 1. The molecule has 1 atom stereocenters. The van der Waals surface area contributed by atoms with Crippen LogP contribution in [-0.2, 0) is 12.7 Å². The molecule has 4 rings (SSSR count). The molecule has 0 radical (unpaired) electrons. The quantitative estimate of drug-likeness (QED) is 0.871. The second-order valence-corrected chi connectivity index (χ2v) is 7.09. The summed E-state index contributed by atoms with van der Waals surface area (Å²) < 4.78 is 39.4. The van der Waals surface area contributed by atoms with E-state index in [-0.39, 0.29) is 6.04 Å². The molecule has 4 nitrogen and oxygen atoms in total. The van der Waals surface area contributed by atoms with Gasteiger partial charge in [-0.1, -0.05) is 18.2 Å². The number of benzene rings is 1. The summed E-state index contributed by atoms with van der Waals surface area (Å²) >= 11 is 0. The second kappa shape index (κ2) is 6.87. The van der Waals surface area contributed by atoms with E-state index < -0.39 is 11.7 Å². The number of rotatable bonds is 5. The number of nitrogens with zero attached hydrogens (tertiary/aromatic N) is 3. The van der Waals surface area contributed by atoms with E-state index in [4.69, 9.17) is 0 Å². The van der Waals surface area contributed by atoms with E-state index in [9.17, 15) is 13.2 Å². The molecule has 0 amide bonds. The fourth-order valence-electron chi connectivity index (χ4n) is 3.47. The largest absolute Gasteiger partial charge is 0.416 e. The van der Waals surface area contributed by atoms with Crippen molar-refractivity contribution in [2.24, 2.45) is 0 Å². The first-order valence-corrected chi connectivity index (χ1v) is 8.96. The van der Waals surface area contributed by atoms with Gasteiger partial charge in [-0.3, -0.25) is 4.90 Å². The first-order chi connectivity index (χ1) is 12.5. The zero-order valence-corrected chi connectivity index (χ0v) is 14.3. The minimum absolute atomic E-state index is 0.190. The van der Waals surface area contributed by atoms with Crippen molar-refractivity contribution >= 4 is 5.82 Å². The van der Waals surface area contributed by atoms with Crippen LogP contribution < -0.4 is 5.32 Å². The van der Waals surface area contributed by atoms with Crippen LogP contribution in [0.4, 0.5) is 19.0 Å². The fraction of sp³-hybridized carbons (Fsp3) is 0.474. The normalized spacial score (nSPS) is 21.1. The maximum absolute atomic E-state index is 13.1. The molecule has 0 spiro atoms. The standard InChI is InChI=1S/C19H21F3N4/c20-19(21,22)16-4-2-1-3-14(16)11-26-10-8-15(12-26)24-17-7-9-23-18(25-17)13-5-6-13/h1-4,7,9,13,15H,5-6,8,10-12H2,(H,23,24,25). The number of alkyl halides is 3. The molecule has 7 heteroatoms. The van der Waals surface area contributed by atoms with E-state index in [0.29, 0.717) is 24.6 Å². The van der Waals surface area contributed by atoms with Crippen LogP contribution in [-0.4, -0.2) is 34.0 Å². The van der Waals surface area contributed by atoms with Gasteiger partial charge in [0.2, 0.25) is 0 Å². The van der Waals surface area contributed by atoms with Crippen LogP contribution in [0.3, 0.4) is 0 Å². The fourth-order valence-corrected chi connectivity index (χ4v) is 3.47. The molecular formula is C19H21F3N4. The van der Waals surface area contributed by atoms with Gasteiger partial charge in [0.15, 0.2) is 0 Å². The predicted octanol–water partition coefficient (Wildman–Crippen LogP) is 4.06. The molecule has 1 saturated heterocycles. The Morgan fingerprint density at radius 1 is 1.12 bits per heavy atom. The molecule has 2 aromatic rings. The van der Waals surface area contributed by atoms with E-state index >= 15 is 0 Å². The second-order valence-electron chi connectivity index (χ2n) is 7.09. The predicted molar refractivity (Wildman–Crippen MR) is 92.8 cm³/mol. The van der Waals surface area contributed by atoms with Crippen molar-refractivity contribution in [1.82, 2.24) is 14.9 Å². The van der Waals surface area contributed by atoms with Crippen molar-refractivity contribution in [2.45, 2.75) is 43.9 Å². The Kier molecular flexibility index (Phi) is 4.56. The summed E-state index contributed by atoms with van der Waals surface area (Å²) in [6.07, 6.45) is 0.652. The van der Waals surface area contributed by atoms with E-state index in [2.05, 4.69) is 20.2 Å². The lowest BCUT2D eigenvalue weighted by atomic mass is 10.1. The van der Waals surface area contributed by atoms with Gasteiger partial charge in [0.25, 0.3) is 0 Å². The molecule has 1 saturated carbocycles. The average molecular weight is 362 g/mol. The molecule has 2 heterocycles. The van der Waals surface area contributed by atoms with Crippen molar-refractivity contribution in [3.8, 4) is 0 Å². The van der Waals surface area contributed by atoms with E-state index in [1.165, 1.54) is 6.07 Å². The summed E-state index contributed by atoms with van der Waals surface area (Å²) in [7, 11) is 0. The summed E-state index contributed by atoms with van der Waals surface area (Å²) in [5.74, 6) is 2.20. The molecule has 2 fully saturated rings. The van der Waals surface area contributed by atoms with Crippen molar-refractivity contribution in [2.75, 3.05) is 18.4 Å². The van der Waals surface area contributed by atoms with Gasteiger partial charge in [-0.05, 0) is 37.0 Å². The topological polar surface area (TPSA) is 41.0 Å². The molecular weight excluding hydrogens is 341 g/mol. The van der Waals surface area contributed by atoms with Gasteiger partial charge >= 0.3 is 6.18 Å². The number of likely N-dealkylation sites (tertiary alicyclic amines) is 1. The highest BCUT2D eigenvalue weighted by atomic mass is 19.4. The number of nitrogens with one attached hydrogen (secondary N) is 1. The Bertz CT molecular complexity index is 773. The molecule has 2 aliphatic rings. The molecule has 1 aromatic heterocycles. The zero-order chi connectivity index (χ0) is 18.1. The summed E-state index contributed by atoms with van der Waals surface area (Å²) in [6.45, 7) is 1.78. The van der Waals surface area contributed by atoms with Crippen LogP contribution >= 0.6 is 0 Å². The number of aromatic nitrogens is 2. The van der Waals surface area contributed by atoms with Crippen molar-refractivity contribution in [1.29, 1.82) is 0 Å². The number of anilines is 1. The Morgan fingerprint density at radius 2 is 1.92 bits per heavy atom. The van der Waals surface area contributed by atoms with E-state index in [1.807, 2.05) is 6.07 Å². The van der Waals surface area contributed by atoms with Gasteiger partial charge in [0.1, 0.15) is 11.6 Å². The maximum Gasteiger partial charge on any atom is 0.416 e. The third-order valence-corrected chi connectivity index (χ3v) is 4.96. The molecule has 1 aromatic carbocycles. The Labute approximate surface area is 150 Å². The van der Waals surface area contributed by atoms with Crippen LogP contribution in [0.1, 0.15) is 42.1 Å². The molecule has 1 aliphatic heterocycles. The highest BCUT2D eigenvalue weighted by Crippen LogP contribution is 2.38. The Balaban J connectivity index is 1.38. The van der Waals surface area contributed by atoms with Crippen LogP contribution in [0.5, 0.6) is 0 Å². The molecule has 0 bridgehead atoms. The minimum atomic E-state index is -4.31. The average Bonchev–Trinajstić information content (AvgIpc) is 3.37. The Hall–Kier alpha value is -2.15. The van der Waals surface area contributed by atoms with Crippen LogP contribution in [0.15, 0.2) is 36.5 Å². The molecule has 1 aliphatic carbocycles. The highest BCUT2D eigenvalue weighted by Gasteiger charge is 2.34. The summed E-state index contributed by atoms with van der Waals surface area (Å²) in [4.78, 5) is 10.9. The molecule has 1 unspecified atom stereocenters. The summed E-state index contributed by atoms with van der Waals surface area (Å²) in [5, 5.41) is 3.41. The summed E-state index contributed by atoms with van der Waals surface area (Å²) in [5.41, 5.74) is -0.208. The SMILES string of the molecule is FC(F)(F)c1ccccc1CN1CCC(Nc2ccnc(C3CC3)n2)C1. The highest BCUT2D eigenvalue weighted by molar-refractivity contribution is 5.36. The van der Waals surface area contributed by atoms with Gasteiger partial charge < -0.3 is 5.32 Å². The third kappa shape index (κ3) is 3.98. The van der Waals surface area contributed by atoms with Gasteiger partial charge in [-0.2, -0.15) is 13.2 Å². The lowest BCUT2D eigenvalue weighted by molar-refractivity contribution is -0.138. The Morgan fingerprint density at radius 3 is 2.69 bits per heavy atom. The van der Waals surface area contributed by atoms with Crippen molar-refractivity contribution in [3.05, 3.63) is 53.5 Å². The maximum atomic E-state index is 13.1. The van der Waals surface area contributed by atoms with Gasteiger partial charge in [-0.15, -0.1) is 0 Å². The van der Waals surface area contributed by atoms with Crippen LogP contribution in [0.2, 0.25) is 0 Å². The van der Waals surface area contributed by atoms with E-state index in [0.717, 1.165) is 43.5 Å². The summed E-state index contributed by atoms with van der Waals surface area (Å²) in [6, 6.07) is 7.87. The number of hydrogen-bond acceptors (Lipinski definition) is 4.